The summed E-state index contributed by atoms with van der Waals surface area (Å²) in [4.78, 5) is 19.5. The van der Waals surface area contributed by atoms with Crippen molar-refractivity contribution in [3.63, 3.8) is 0 Å². The number of hydrogen-bond acceptors (Lipinski definition) is 5. The number of piperidine rings is 1. The van der Waals surface area contributed by atoms with Crippen LogP contribution in [0.15, 0.2) is 71.4 Å². The monoisotopic (exact) mass is 412 g/mol. The minimum Gasteiger partial charge on any atom is -0.402 e. The van der Waals surface area contributed by atoms with Crippen LogP contribution < -0.4 is 4.90 Å². The molecule has 2 aliphatic heterocycles. The number of esters is 1. The first-order valence-electron chi connectivity index (χ1n) is 10.7. The quantitative estimate of drug-likeness (QED) is 0.467. The van der Waals surface area contributed by atoms with Gasteiger partial charge in [0.2, 0.25) is 5.90 Å². The zero-order valence-corrected chi connectivity index (χ0v) is 17.5. The Morgan fingerprint density at radius 1 is 0.935 bits per heavy atom. The highest BCUT2D eigenvalue weighted by Crippen LogP contribution is 2.32. The van der Waals surface area contributed by atoms with E-state index in [1.807, 2.05) is 78.3 Å². The third-order valence-electron chi connectivity index (χ3n) is 5.66. The van der Waals surface area contributed by atoms with E-state index in [0.717, 1.165) is 54.3 Å². The second-order valence-corrected chi connectivity index (χ2v) is 7.82. The van der Waals surface area contributed by atoms with E-state index in [4.69, 9.17) is 9.84 Å². The fourth-order valence-corrected chi connectivity index (χ4v) is 4.11. The lowest BCUT2D eigenvalue weighted by Gasteiger charge is -2.29. The largest absolute Gasteiger partial charge is 0.402 e. The number of anilines is 1. The predicted octanol–water partition coefficient (Wildman–Crippen LogP) is 4.52. The molecule has 0 spiro atoms. The summed E-state index contributed by atoms with van der Waals surface area (Å²) >= 11 is 0. The SMILES string of the molecule is Cc1nn(-c2ccccc2)c(N2CCCCC2)c1C=C1N=C(c2ccccc2)OC1=O. The average Bonchev–Trinajstić information content (AvgIpc) is 3.35. The molecule has 1 fully saturated rings. The van der Waals surface area contributed by atoms with Crippen molar-refractivity contribution in [2.75, 3.05) is 18.0 Å². The van der Waals surface area contributed by atoms with Crippen LogP contribution >= 0.6 is 0 Å². The number of nitrogens with zero attached hydrogens (tertiary/aromatic N) is 4. The Morgan fingerprint density at radius 3 is 2.32 bits per heavy atom. The number of aliphatic imine (C=N–C) groups is 1. The van der Waals surface area contributed by atoms with Gasteiger partial charge in [0.05, 0.1) is 11.4 Å². The minimum atomic E-state index is -0.435. The Labute approximate surface area is 181 Å². The first-order valence-corrected chi connectivity index (χ1v) is 10.7. The molecule has 0 aliphatic carbocycles. The van der Waals surface area contributed by atoms with E-state index in [9.17, 15) is 4.79 Å². The Hall–Kier alpha value is -3.67. The van der Waals surface area contributed by atoms with Crippen LogP contribution in [0.25, 0.3) is 11.8 Å². The summed E-state index contributed by atoms with van der Waals surface area (Å²) in [6.07, 6.45) is 5.35. The molecule has 0 saturated carbocycles. The number of carbonyl (C=O) groups is 1. The molecule has 0 amide bonds. The van der Waals surface area contributed by atoms with Crippen LogP contribution in [0.4, 0.5) is 5.82 Å². The van der Waals surface area contributed by atoms with Gasteiger partial charge in [-0.2, -0.15) is 5.10 Å². The van der Waals surface area contributed by atoms with Crippen LogP contribution in [0, 0.1) is 6.92 Å². The molecule has 3 aromatic rings. The van der Waals surface area contributed by atoms with Crippen molar-refractivity contribution in [1.82, 2.24) is 9.78 Å². The van der Waals surface area contributed by atoms with Crippen LogP contribution in [-0.4, -0.2) is 34.7 Å². The molecule has 1 aromatic heterocycles. The Morgan fingerprint density at radius 2 is 1.61 bits per heavy atom. The summed E-state index contributed by atoms with van der Waals surface area (Å²) < 4.78 is 7.43. The van der Waals surface area contributed by atoms with Gasteiger partial charge in [0.15, 0.2) is 5.70 Å². The summed E-state index contributed by atoms with van der Waals surface area (Å²) in [6, 6.07) is 19.6. The Balaban J connectivity index is 1.61. The maximum Gasteiger partial charge on any atom is 0.363 e. The summed E-state index contributed by atoms with van der Waals surface area (Å²) in [5.74, 6) is 0.909. The van der Waals surface area contributed by atoms with Gasteiger partial charge in [0, 0.05) is 24.2 Å². The van der Waals surface area contributed by atoms with Crippen molar-refractivity contribution in [3.8, 4) is 5.69 Å². The molecule has 0 bridgehead atoms. The van der Waals surface area contributed by atoms with E-state index >= 15 is 0 Å². The fraction of sp³-hybridized carbons (Fsp3) is 0.240. The van der Waals surface area contributed by atoms with Gasteiger partial charge >= 0.3 is 5.97 Å². The van der Waals surface area contributed by atoms with E-state index in [2.05, 4.69) is 9.89 Å². The number of aryl methyl sites for hydroxylation is 1. The minimum absolute atomic E-state index is 0.299. The van der Waals surface area contributed by atoms with Crippen LogP contribution in [0.1, 0.15) is 36.1 Å². The predicted molar refractivity (Wildman–Crippen MR) is 121 cm³/mol. The van der Waals surface area contributed by atoms with Gasteiger partial charge in [-0.25, -0.2) is 14.5 Å². The maximum atomic E-state index is 12.6. The number of carbonyl (C=O) groups excluding carboxylic acids is 1. The van der Waals surface area contributed by atoms with Crippen molar-refractivity contribution in [2.45, 2.75) is 26.2 Å². The molecule has 0 unspecified atom stereocenters. The third-order valence-corrected chi connectivity index (χ3v) is 5.66. The van der Waals surface area contributed by atoms with E-state index < -0.39 is 5.97 Å². The molecule has 0 atom stereocenters. The number of rotatable bonds is 4. The van der Waals surface area contributed by atoms with Gasteiger partial charge in [-0.15, -0.1) is 0 Å². The van der Waals surface area contributed by atoms with Crippen molar-refractivity contribution in [2.24, 2.45) is 4.99 Å². The molecule has 6 heteroatoms. The standard InChI is InChI=1S/C25H24N4O2/c1-18-21(17-22-25(30)31-23(26-22)19-11-5-2-6-12-19)24(28-15-9-4-10-16-28)29(27-18)20-13-7-3-8-14-20/h2-3,5-8,11-14,17H,4,9-10,15-16H2,1H3. The molecule has 0 radical (unpaired) electrons. The van der Waals surface area contributed by atoms with Crippen LogP contribution in [0.2, 0.25) is 0 Å². The lowest BCUT2D eigenvalue weighted by molar-refractivity contribution is -0.129. The number of hydrogen-bond donors (Lipinski definition) is 0. The van der Waals surface area contributed by atoms with Crippen LogP contribution in [0.3, 0.4) is 0 Å². The smallest absolute Gasteiger partial charge is 0.363 e. The number of para-hydroxylation sites is 1. The first kappa shape index (κ1) is 19.3. The lowest BCUT2D eigenvalue weighted by atomic mass is 10.1. The molecule has 31 heavy (non-hydrogen) atoms. The Kier molecular flexibility index (Phi) is 5.12. The zero-order valence-electron chi connectivity index (χ0n) is 17.5. The van der Waals surface area contributed by atoms with E-state index in [-0.39, 0.29) is 0 Å². The van der Waals surface area contributed by atoms with Gasteiger partial charge in [-0.05, 0) is 56.5 Å². The summed E-state index contributed by atoms with van der Waals surface area (Å²) in [5.41, 5.74) is 3.85. The fourth-order valence-electron chi connectivity index (χ4n) is 4.11. The highest BCUT2D eigenvalue weighted by Gasteiger charge is 2.27. The third kappa shape index (κ3) is 3.77. The highest BCUT2D eigenvalue weighted by molar-refractivity contribution is 6.13. The lowest BCUT2D eigenvalue weighted by Crippen LogP contribution is -2.31. The van der Waals surface area contributed by atoms with Gasteiger partial charge in [-0.1, -0.05) is 36.4 Å². The molecular formula is C25H24N4O2. The zero-order chi connectivity index (χ0) is 21.2. The molecule has 0 N–H and O–H groups in total. The van der Waals surface area contributed by atoms with Crippen molar-refractivity contribution in [1.29, 1.82) is 0 Å². The maximum absolute atomic E-state index is 12.6. The molecule has 6 nitrogen and oxygen atoms in total. The number of ether oxygens (including phenoxy) is 1. The molecule has 5 rings (SSSR count). The van der Waals surface area contributed by atoms with Crippen molar-refractivity contribution in [3.05, 3.63) is 83.2 Å². The summed E-state index contributed by atoms with van der Waals surface area (Å²) in [7, 11) is 0. The van der Waals surface area contributed by atoms with Gasteiger partial charge < -0.3 is 9.64 Å². The molecule has 2 aromatic carbocycles. The van der Waals surface area contributed by atoms with Gasteiger partial charge in [0.25, 0.3) is 0 Å². The van der Waals surface area contributed by atoms with E-state index in [0.29, 0.717) is 11.6 Å². The second kappa shape index (κ2) is 8.22. The van der Waals surface area contributed by atoms with Gasteiger partial charge in [-0.3, -0.25) is 0 Å². The second-order valence-electron chi connectivity index (χ2n) is 7.82. The first-order chi connectivity index (χ1) is 15.2. The molecule has 156 valence electrons. The normalized spacial score (nSPS) is 17.7. The number of aromatic nitrogens is 2. The average molecular weight is 412 g/mol. The highest BCUT2D eigenvalue weighted by atomic mass is 16.6. The molecular weight excluding hydrogens is 388 g/mol. The van der Waals surface area contributed by atoms with Crippen LogP contribution in [0.5, 0.6) is 0 Å². The van der Waals surface area contributed by atoms with Crippen molar-refractivity contribution < 1.29 is 9.53 Å². The van der Waals surface area contributed by atoms with Crippen LogP contribution in [-0.2, 0) is 9.53 Å². The molecule has 3 heterocycles. The molecule has 2 aliphatic rings. The summed E-state index contributed by atoms with van der Waals surface area (Å²) in [5, 5.41) is 4.83. The van der Waals surface area contributed by atoms with E-state index in [1.165, 1.54) is 6.42 Å². The van der Waals surface area contributed by atoms with Gasteiger partial charge in [0.1, 0.15) is 5.82 Å². The topological polar surface area (TPSA) is 59.7 Å². The number of benzene rings is 2. The number of cyclic esters (lactones) is 1. The van der Waals surface area contributed by atoms with E-state index in [1.54, 1.807) is 0 Å². The van der Waals surface area contributed by atoms with Crippen molar-refractivity contribution >= 4 is 23.8 Å². The summed E-state index contributed by atoms with van der Waals surface area (Å²) in [6.45, 7) is 3.91. The Bertz CT molecular complexity index is 1160. The molecule has 1 saturated heterocycles.